The van der Waals surface area contributed by atoms with Gasteiger partial charge in [0, 0.05) is 12.6 Å². The molecule has 1 aromatic carbocycles. The molecular formula is C14H18F2N2O. The highest BCUT2D eigenvalue weighted by atomic mass is 19.2. The smallest absolute Gasteiger partial charge is 0.254 e. The second kappa shape index (κ2) is 6.10. The first kappa shape index (κ1) is 13.9. The third-order valence-electron chi connectivity index (χ3n) is 3.74. The van der Waals surface area contributed by atoms with E-state index in [2.05, 4.69) is 5.32 Å². The lowest BCUT2D eigenvalue weighted by molar-refractivity contribution is 0.0919. The summed E-state index contributed by atoms with van der Waals surface area (Å²) in [6.07, 6.45) is 4.30. The highest BCUT2D eigenvalue weighted by Gasteiger charge is 2.26. The van der Waals surface area contributed by atoms with Crippen LogP contribution < -0.4 is 11.1 Å². The Balaban J connectivity index is 2.08. The van der Waals surface area contributed by atoms with E-state index in [9.17, 15) is 13.6 Å². The van der Waals surface area contributed by atoms with Crippen LogP contribution in [0.4, 0.5) is 8.78 Å². The molecule has 0 spiro atoms. The Bertz CT molecular complexity index is 459. The van der Waals surface area contributed by atoms with Crippen LogP contribution in [0.1, 0.15) is 36.0 Å². The van der Waals surface area contributed by atoms with Crippen molar-refractivity contribution in [2.45, 2.75) is 31.7 Å². The Morgan fingerprint density at radius 1 is 1.37 bits per heavy atom. The number of amides is 1. The summed E-state index contributed by atoms with van der Waals surface area (Å²) in [7, 11) is 0. The molecule has 1 aliphatic carbocycles. The Morgan fingerprint density at radius 3 is 2.68 bits per heavy atom. The number of carbonyl (C=O) groups is 1. The largest absolute Gasteiger partial charge is 0.348 e. The summed E-state index contributed by atoms with van der Waals surface area (Å²) in [4.78, 5) is 12.0. The van der Waals surface area contributed by atoms with Crippen LogP contribution in [0, 0.1) is 17.6 Å². The van der Waals surface area contributed by atoms with Crippen LogP contribution in [0.15, 0.2) is 18.2 Å². The minimum absolute atomic E-state index is 0.169. The predicted molar refractivity (Wildman–Crippen MR) is 68.6 cm³/mol. The third kappa shape index (κ3) is 3.10. The number of nitrogens with two attached hydrogens (primary N) is 1. The van der Waals surface area contributed by atoms with Crippen LogP contribution in [-0.4, -0.2) is 18.5 Å². The first-order valence-corrected chi connectivity index (χ1v) is 6.58. The molecule has 0 aromatic heterocycles. The second-order valence-electron chi connectivity index (χ2n) is 4.96. The van der Waals surface area contributed by atoms with E-state index in [1.165, 1.54) is 12.1 Å². The molecule has 104 valence electrons. The van der Waals surface area contributed by atoms with E-state index in [1.807, 2.05) is 0 Å². The molecule has 19 heavy (non-hydrogen) atoms. The summed E-state index contributed by atoms with van der Waals surface area (Å²) in [5.74, 6) is -2.38. The van der Waals surface area contributed by atoms with Gasteiger partial charge in [0.15, 0.2) is 11.6 Å². The number of nitrogens with one attached hydrogen (secondary N) is 1. The van der Waals surface area contributed by atoms with E-state index in [4.69, 9.17) is 5.73 Å². The lowest BCUT2D eigenvalue weighted by atomic mass is 9.98. The van der Waals surface area contributed by atoms with Gasteiger partial charge in [0.2, 0.25) is 0 Å². The molecule has 3 N–H and O–H groups in total. The van der Waals surface area contributed by atoms with Crippen molar-refractivity contribution in [1.82, 2.24) is 5.32 Å². The Morgan fingerprint density at radius 2 is 2.05 bits per heavy atom. The Kier molecular flexibility index (Phi) is 4.47. The summed E-state index contributed by atoms with van der Waals surface area (Å²) < 4.78 is 26.6. The number of rotatable bonds is 4. The van der Waals surface area contributed by atoms with Crippen LogP contribution in [-0.2, 0) is 0 Å². The molecule has 0 radical (unpaired) electrons. The summed E-state index contributed by atoms with van der Waals surface area (Å²) in [6, 6.07) is 3.41. The molecule has 0 bridgehead atoms. The van der Waals surface area contributed by atoms with Gasteiger partial charge in [-0.2, -0.15) is 0 Å². The fourth-order valence-corrected chi connectivity index (χ4v) is 2.65. The van der Waals surface area contributed by atoms with Crippen molar-refractivity contribution in [1.29, 1.82) is 0 Å². The minimum Gasteiger partial charge on any atom is -0.348 e. The summed E-state index contributed by atoms with van der Waals surface area (Å²) in [6.45, 7) is 0.313. The van der Waals surface area contributed by atoms with Gasteiger partial charge < -0.3 is 11.1 Å². The van der Waals surface area contributed by atoms with Gasteiger partial charge in [-0.25, -0.2) is 8.78 Å². The maximum Gasteiger partial charge on any atom is 0.254 e. The second-order valence-corrected chi connectivity index (χ2v) is 4.96. The summed E-state index contributed by atoms with van der Waals surface area (Å²) in [5.41, 5.74) is 5.40. The average Bonchev–Trinajstić information content (AvgIpc) is 2.92. The van der Waals surface area contributed by atoms with Crippen molar-refractivity contribution in [3.05, 3.63) is 35.4 Å². The zero-order valence-electron chi connectivity index (χ0n) is 10.7. The monoisotopic (exact) mass is 268 g/mol. The van der Waals surface area contributed by atoms with Crippen molar-refractivity contribution < 1.29 is 13.6 Å². The molecule has 2 rings (SSSR count). The molecule has 0 heterocycles. The molecule has 1 atom stereocenters. The molecule has 1 fully saturated rings. The van der Waals surface area contributed by atoms with Crippen LogP contribution in [0.5, 0.6) is 0 Å². The van der Waals surface area contributed by atoms with Crippen LogP contribution in [0.2, 0.25) is 0 Å². The van der Waals surface area contributed by atoms with Crippen molar-refractivity contribution in [3.63, 3.8) is 0 Å². The quantitative estimate of drug-likeness (QED) is 0.879. The van der Waals surface area contributed by atoms with Crippen LogP contribution in [0.3, 0.4) is 0 Å². The van der Waals surface area contributed by atoms with Gasteiger partial charge in [0.1, 0.15) is 0 Å². The lowest BCUT2D eigenvalue weighted by Crippen LogP contribution is -2.44. The normalized spacial score (nSPS) is 17.4. The highest BCUT2D eigenvalue weighted by Crippen LogP contribution is 2.27. The number of carbonyl (C=O) groups excluding carboxylic acids is 1. The summed E-state index contributed by atoms with van der Waals surface area (Å²) in [5, 5.41) is 2.72. The molecular weight excluding hydrogens is 250 g/mol. The van der Waals surface area contributed by atoms with Gasteiger partial charge in [-0.1, -0.05) is 18.9 Å². The number of hydrogen-bond acceptors (Lipinski definition) is 2. The van der Waals surface area contributed by atoms with E-state index in [1.54, 1.807) is 0 Å². The first-order valence-electron chi connectivity index (χ1n) is 6.58. The topological polar surface area (TPSA) is 55.1 Å². The Hall–Kier alpha value is -1.49. The van der Waals surface area contributed by atoms with Gasteiger partial charge in [-0.3, -0.25) is 4.79 Å². The van der Waals surface area contributed by atoms with Crippen LogP contribution in [0.25, 0.3) is 0 Å². The minimum atomic E-state index is -1.11. The van der Waals surface area contributed by atoms with Gasteiger partial charge in [0.05, 0.1) is 5.56 Å². The molecule has 3 nitrogen and oxygen atoms in total. The van der Waals surface area contributed by atoms with Gasteiger partial charge in [-0.15, -0.1) is 0 Å². The molecule has 1 unspecified atom stereocenters. The number of hydrogen-bond donors (Lipinski definition) is 2. The zero-order valence-corrected chi connectivity index (χ0v) is 10.7. The van der Waals surface area contributed by atoms with E-state index in [-0.39, 0.29) is 11.6 Å². The molecule has 1 aromatic rings. The summed E-state index contributed by atoms with van der Waals surface area (Å²) >= 11 is 0. The lowest BCUT2D eigenvalue weighted by Gasteiger charge is -2.23. The fraction of sp³-hybridized carbons (Fsp3) is 0.500. The van der Waals surface area contributed by atoms with E-state index in [0.29, 0.717) is 12.5 Å². The number of benzene rings is 1. The maximum absolute atomic E-state index is 13.5. The maximum atomic E-state index is 13.5. The molecule has 1 aliphatic rings. The SMILES string of the molecule is NCC(NC(=O)c1cccc(F)c1F)C1CCCC1. The third-order valence-corrected chi connectivity index (χ3v) is 3.74. The standard InChI is InChI=1S/C14H18F2N2O/c15-11-7-3-6-10(13(11)16)14(19)18-12(8-17)9-4-1-2-5-9/h3,6-7,9,12H,1-2,4-5,8,17H2,(H,18,19). The predicted octanol–water partition coefficient (Wildman–Crippen LogP) is 2.21. The fourth-order valence-electron chi connectivity index (χ4n) is 2.65. The van der Waals surface area contributed by atoms with Crippen LogP contribution >= 0.6 is 0 Å². The zero-order chi connectivity index (χ0) is 13.8. The van der Waals surface area contributed by atoms with Gasteiger partial charge in [-0.05, 0) is 30.9 Å². The van der Waals surface area contributed by atoms with Crippen molar-refractivity contribution in [2.24, 2.45) is 11.7 Å². The average molecular weight is 268 g/mol. The molecule has 0 aliphatic heterocycles. The van der Waals surface area contributed by atoms with E-state index in [0.717, 1.165) is 31.7 Å². The van der Waals surface area contributed by atoms with Gasteiger partial charge in [0.25, 0.3) is 5.91 Å². The van der Waals surface area contributed by atoms with Crippen molar-refractivity contribution in [3.8, 4) is 0 Å². The molecule has 5 heteroatoms. The first-order chi connectivity index (χ1) is 9.13. The highest BCUT2D eigenvalue weighted by molar-refractivity contribution is 5.94. The van der Waals surface area contributed by atoms with Crippen molar-refractivity contribution >= 4 is 5.91 Å². The Labute approximate surface area is 111 Å². The van der Waals surface area contributed by atoms with Crippen molar-refractivity contribution in [2.75, 3.05) is 6.54 Å². The molecule has 0 saturated heterocycles. The van der Waals surface area contributed by atoms with E-state index >= 15 is 0 Å². The van der Waals surface area contributed by atoms with Gasteiger partial charge >= 0.3 is 0 Å². The molecule has 1 saturated carbocycles. The number of halogens is 2. The van der Waals surface area contributed by atoms with E-state index < -0.39 is 17.5 Å². The molecule has 1 amide bonds.